The predicted octanol–water partition coefficient (Wildman–Crippen LogP) is 6.59. The smallest absolute Gasteiger partial charge is 0.261 e. The zero-order valence-electron chi connectivity index (χ0n) is 22.9. The van der Waals surface area contributed by atoms with Gasteiger partial charge in [-0.25, -0.2) is 0 Å². The number of hydrazone groups is 1. The third-order valence-corrected chi connectivity index (χ3v) is 12.7. The Morgan fingerprint density at radius 2 is 1.50 bits per heavy atom. The van der Waals surface area contributed by atoms with Gasteiger partial charge < -0.3 is 4.43 Å². The van der Waals surface area contributed by atoms with Crippen molar-refractivity contribution in [1.29, 1.82) is 0 Å². The van der Waals surface area contributed by atoms with Crippen molar-refractivity contribution in [3.8, 4) is 0 Å². The van der Waals surface area contributed by atoms with Crippen molar-refractivity contribution < 1.29 is 9.22 Å². The highest BCUT2D eigenvalue weighted by atomic mass is 28.4. The van der Waals surface area contributed by atoms with Crippen molar-refractivity contribution in [2.75, 3.05) is 12.0 Å². The van der Waals surface area contributed by atoms with Gasteiger partial charge in [-0.15, -0.1) is 6.58 Å². The summed E-state index contributed by atoms with van der Waals surface area (Å²) in [6.07, 6.45) is 4.97. The molecular formula is C33H40N2O2Si. The SMILES string of the molecule is C=CC[C@@H]1C(=O)/C(=N\Nc2ccccc2)CC[C@H]1CCO[Si](c1ccccc1)(c1ccccc1)C(C)(C)C. The maximum absolute atomic E-state index is 13.5. The first-order chi connectivity index (χ1) is 18.4. The minimum absolute atomic E-state index is 0.0679. The molecule has 0 spiro atoms. The van der Waals surface area contributed by atoms with E-state index in [1.165, 1.54) is 10.4 Å². The molecule has 0 aliphatic heterocycles. The molecule has 1 aliphatic carbocycles. The van der Waals surface area contributed by atoms with Crippen LogP contribution in [0.3, 0.4) is 0 Å². The molecule has 198 valence electrons. The minimum atomic E-state index is -2.59. The summed E-state index contributed by atoms with van der Waals surface area (Å²) in [5, 5.41) is 6.98. The Hall–Kier alpha value is -3.28. The quantitative estimate of drug-likeness (QED) is 0.185. The molecule has 38 heavy (non-hydrogen) atoms. The number of nitrogens with zero attached hydrogens (tertiary/aromatic N) is 1. The molecule has 5 heteroatoms. The lowest BCUT2D eigenvalue weighted by Crippen LogP contribution is -2.66. The maximum Gasteiger partial charge on any atom is 0.261 e. The number of hydrogen-bond acceptors (Lipinski definition) is 4. The van der Waals surface area contributed by atoms with Crippen LogP contribution < -0.4 is 15.8 Å². The van der Waals surface area contributed by atoms with Gasteiger partial charge in [0.2, 0.25) is 0 Å². The summed E-state index contributed by atoms with van der Waals surface area (Å²) < 4.78 is 7.12. The van der Waals surface area contributed by atoms with Crippen LogP contribution in [0.1, 0.15) is 46.5 Å². The molecule has 0 saturated heterocycles. The van der Waals surface area contributed by atoms with E-state index >= 15 is 0 Å². The van der Waals surface area contributed by atoms with Gasteiger partial charge >= 0.3 is 0 Å². The number of benzene rings is 3. The van der Waals surface area contributed by atoms with Crippen LogP contribution in [-0.2, 0) is 9.22 Å². The Balaban J connectivity index is 1.53. The number of Topliss-reactive ketones (excluding diaryl/α,β-unsaturated/α-hetero) is 1. The Morgan fingerprint density at radius 3 is 2.03 bits per heavy atom. The summed E-state index contributed by atoms with van der Waals surface area (Å²) in [7, 11) is -2.59. The zero-order valence-corrected chi connectivity index (χ0v) is 23.9. The molecule has 0 amide bonds. The van der Waals surface area contributed by atoms with Gasteiger partial charge in [0.1, 0.15) is 5.71 Å². The number of ketones is 1. The summed E-state index contributed by atoms with van der Waals surface area (Å²) in [4.78, 5) is 13.5. The number of anilines is 1. The average Bonchev–Trinajstić information content (AvgIpc) is 2.93. The first-order valence-electron chi connectivity index (χ1n) is 13.6. The van der Waals surface area contributed by atoms with E-state index in [4.69, 9.17) is 4.43 Å². The molecular weight excluding hydrogens is 484 g/mol. The molecule has 0 radical (unpaired) electrons. The van der Waals surface area contributed by atoms with Crippen molar-refractivity contribution in [2.24, 2.45) is 16.9 Å². The van der Waals surface area contributed by atoms with Crippen LogP contribution in [0.5, 0.6) is 0 Å². The van der Waals surface area contributed by atoms with Gasteiger partial charge in [0.15, 0.2) is 5.78 Å². The number of allylic oxidation sites excluding steroid dienone is 1. The van der Waals surface area contributed by atoms with Gasteiger partial charge in [-0.1, -0.05) is 106 Å². The Kier molecular flexibility index (Phi) is 9.13. The van der Waals surface area contributed by atoms with E-state index in [0.717, 1.165) is 18.5 Å². The van der Waals surface area contributed by atoms with Crippen molar-refractivity contribution in [3.63, 3.8) is 0 Å². The zero-order chi connectivity index (χ0) is 27.0. The highest BCUT2D eigenvalue weighted by molar-refractivity contribution is 6.99. The number of carbonyl (C=O) groups excluding carboxylic acids is 1. The van der Waals surface area contributed by atoms with Crippen LogP contribution in [0.25, 0.3) is 0 Å². The molecule has 1 N–H and O–H groups in total. The molecule has 0 unspecified atom stereocenters. The Labute approximate surface area is 229 Å². The van der Waals surface area contributed by atoms with E-state index in [9.17, 15) is 4.79 Å². The van der Waals surface area contributed by atoms with Crippen molar-refractivity contribution in [3.05, 3.63) is 104 Å². The molecule has 3 aromatic rings. The van der Waals surface area contributed by atoms with Crippen molar-refractivity contribution in [1.82, 2.24) is 0 Å². The van der Waals surface area contributed by atoms with Gasteiger partial charge in [0.05, 0.1) is 5.69 Å². The molecule has 1 aliphatic rings. The molecule has 0 aromatic heterocycles. The molecule has 0 bridgehead atoms. The van der Waals surface area contributed by atoms with Crippen LogP contribution in [0.15, 0.2) is 109 Å². The second kappa shape index (κ2) is 12.5. The topological polar surface area (TPSA) is 50.7 Å². The lowest BCUT2D eigenvalue weighted by atomic mass is 9.74. The number of carbonyl (C=O) groups is 1. The van der Waals surface area contributed by atoms with Gasteiger partial charge in [0, 0.05) is 12.5 Å². The van der Waals surface area contributed by atoms with E-state index in [0.29, 0.717) is 25.2 Å². The first-order valence-corrected chi connectivity index (χ1v) is 15.6. The highest BCUT2D eigenvalue weighted by Crippen LogP contribution is 2.38. The summed E-state index contributed by atoms with van der Waals surface area (Å²) in [5.41, 5.74) is 4.57. The van der Waals surface area contributed by atoms with E-state index < -0.39 is 8.32 Å². The van der Waals surface area contributed by atoms with Gasteiger partial charge in [0.25, 0.3) is 8.32 Å². The fourth-order valence-corrected chi connectivity index (χ4v) is 10.4. The summed E-state index contributed by atoms with van der Waals surface area (Å²) in [5.74, 6) is 0.268. The van der Waals surface area contributed by atoms with Crippen molar-refractivity contribution >= 4 is 35.9 Å². The maximum atomic E-state index is 13.5. The van der Waals surface area contributed by atoms with Gasteiger partial charge in [-0.05, 0) is 59.1 Å². The number of para-hydroxylation sites is 1. The summed E-state index contributed by atoms with van der Waals surface area (Å²) in [6.45, 7) is 11.5. The van der Waals surface area contributed by atoms with Crippen molar-refractivity contribution in [2.45, 2.75) is 51.5 Å². The average molecular weight is 525 g/mol. The van der Waals surface area contributed by atoms with Crippen LogP contribution in [0, 0.1) is 11.8 Å². The standard InChI is InChI=1S/C33H40N2O2Si/c1-5-15-30-26(22-23-31(32(30)36)35-34-27-16-9-6-10-17-27)24-25-37-38(33(2,3)4,28-18-11-7-12-19-28)29-20-13-8-14-21-29/h5-14,16-21,26,30,34H,1,15,22-25H2,2-4H3/b35-31-/t26-,30-/m0/s1. The normalized spacial score (nSPS) is 19.3. The third-order valence-electron chi connectivity index (χ3n) is 7.68. The molecule has 1 fully saturated rings. The first kappa shape index (κ1) is 27.7. The number of nitrogens with one attached hydrogen (secondary N) is 1. The van der Waals surface area contributed by atoms with Gasteiger partial charge in [-0.2, -0.15) is 5.10 Å². The molecule has 4 nitrogen and oxygen atoms in total. The Morgan fingerprint density at radius 1 is 0.947 bits per heavy atom. The number of rotatable bonds is 10. The fourth-order valence-electron chi connectivity index (χ4n) is 5.78. The predicted molar refractivity (Wildman–Crippen MR) is 162 cm³/mol. The van der Waals surface area contributed by atoms with E-state index in [2.05, 4.69) is 98.5 Å². The molecule has 1 saturated carbocycles. The van der Waals surface area contributed by atoms with E-state index in [1.807, 2.05) is 36.4 Å². The van der Waals surface area contributed by atoms with Crippen LogP contribution >= 0.6 is 0 Å². The lowest BCUT2D eigenvalue weighted by molar-refractivity contribution is -0.119. The van der Waals surface area contributed by atoms with Crippen LogP contribution in [-0.4, -0.2) is 26.4 Å². The fraction of sp³-hybridized carbons (Fsp3) is 0.333. The second-order valence-electron chi connectivity index (χ2n) is 11.1. The Bertz CT molecular complexity index is 1180. The molecule has 2 atom stereocenters. The second-order valence-corrected chi connectivity index (χ2v) is 15.4. The number of hydrogen-bond donors (Lipinski definition) is 1. The third kappa shape index (κ3) is 6.06. The monoisotopic (exact) mass is 524 g/mol. The molecule has 4 rings (SSSR count). The highest BCUT2D eigenvalue weighted by Gasteiger charge is 2.50. The molecule has 0 heterocycles. The summed E-state index contributed by atoms with van der Waals surface area (Å²) >= 11 is 0. The van der Waals surface area contributed by atoms with Crippen LogP contribution in [0.4, 0.5) is 5.69 Å². The van der Waals surface area contributed by atoms with Gasteiger partial charge in [-0.3, -0.25) is 10.2 Å². The lowest BCUT2D eigenvalue weighted by Gasteiger charge is -2.43. The van der Waals surface area contributed by atoms with E-state index in [1.54, 1.807) is 0 Å². The summed E-state index contributed by atoms with van der Waals surface area (Å²) in [6, 6.07) is 31.2. The largest absolute Gasteiger partial charge is 0.407 e. The van der Waals surface area contributed by atoms with E-state index in [-0.39, 0.29) is 22.7 Å². The van der Waals surface area contributed by atoms with Crippen LogP contribution in [0.2, 0.25) is 5.04 Å². The molecule has 3 aromatic carbocycles. The minimum Gasteiger partial charge on any atom is -0.407 e.